The number of piperazine rings is 1. The van der Waals surface area contributed by atoms with E-state index in [1.165, 1.54) is 11.3 Å². The lowest BCUT2D eigenvalue weighted by molar-refractivity contribution is 0.0536. The Morgan fingerprint density at radius 1 is 1.00 bits per heavy atom. The largest absolute Gasteiger partial charge is 0.361 e. The Bertz CT molecular complexity index is 1080. The molecule has 0 bridgehead atoms. The monoisotopic (exact) mass is 455 g/mol. The van der Waals surface area contributed by atoms with Crippen molar-refractivity contribution in [1.82, 2.24) is 15.0 Å². The molecule has 3 aromatic rings. The summed E-state index contributed by atoms with van der Waals surface area (Å²) in [7, 11) is 0. The quantitative estimate of drug-likeness (QED) is 0.528. The van der Waals surface area contributed by atoms with E-state index in [9.17, 15) is 9.59 Å². The maximum absolute atomic E-state index is 13.2. The van der Waals surface area contributed by atoms with Crippen molar-refractivity contribution in [3.05, 3.63) is 68.7 Å². The smallest absolute Gasteiger partial charge is 0.264 e. The van der Waals surface area contributed by atoms with E-state index in [1.807, 2.05) is 67.0 Å². The Morgan fingerprint density at radius 2 is 1.68 bits per heavy atom. The maximum Gasteiger partial charge on any atom is 0.264 e. The van der Waals surface area contributed by atoms with E-state index in [1.54, 1.807) is 11.8 Å². The van der Waals surface area contributed by atoms with Crippen molar-refractivity contribution >= 4 is 34.9 Å². The topological polar surface area (TPSA) is 66.7 Å². The second-order valence-electron chi connectivity index (χ2n) is 7.58. The van der Waals surface area contributed by atoms with Crippen LogP contribution in [0.4, 0.5) is 0 Å². The lowest BCUT2D eigenvalue weighted by atomic mass is 10.1. The molecule has 0 radical (unpaired) electrons. The molecule has 3 heterocycles. The summed E-state index contributed by atoms with van der Waals surface area (Å²) in [6, 6.07) is 11.6. The Morgan fingerprint density at radius 3 is 2.29 bits per heavy atom. The second kappa shape index (κ2) is 9.28. The van der Waals surface area contributed by atoms with Gasteiger partial charge in [0.1, 0.15) is 5.76 Å². The highest BCUT2D eigenvalue weighted by molar-refractivity contribution is 7.98. The first-order chi connectivity index (χ1) is 14.9. The van der Waals surface area contributed by atoms with Crippen molar-refractivity contribution in [3.8, 4) is 0 Å². The molecule has 6 nitrogen and oxygen atoms in total. The van der Waals surface area contributed by atoms with Crippen LogP contribution in [0, 0.1) is 20.8 Å². The molecule has 8 heteroatoms. The Balaban J connectivity index is 1.40. The van der Waals surface area contributed by atoms with E-state index in [2.05, 4.69) is 5.16 Å². The van der Waals surface area contributed by atoms with Gasteiger partial charge in [0, 0.05) is 47.3 Å². The normalized spacial score (nSPS) is 14.2. The number of aromatic nitrogens is 1. The van der Waals surface area contributed by atoms with Crippen LogP contribution in [0.15, 0.2) is 45.8 Å². The standard InChI is InChI=1S/C23H25N3O3S2/c1-15-8-9-21(31-15)23(28)26-12-10-25(11-13-26)22(27)18-6-4-5-7-20(18)30-14-19-16(2)24-29-17(19)3/h4-9H,10-14H2,1-3H3. The Kier molecular flexibility index (Phi) is 6.48. The number of benzene rings is 1. The molecular formula is C23H25N3O3S2. The number of hydrogen-bond acceptors (Lipinski definition) is 6. The minimum absolute atomic E-state index is 0.0147. The second-order valence-corrected chi connectivity index (χ2v) is 9.89. The van der Waals surface area contributed by atoms with E-state index in [0.29, 0.717) is 37.5 Å². The van der Waals surface area contributed by atoms with E-state index in [4.69, 9.17) is 4.52 Å². The highest BCUT2D eigenvalue weighted by Crippen LogP contribution is 2.30. The third-order valence-corrected chi connectivity index (χ3v) is 7.56. The van der Waals surface area contributed by atoms with Crippen LogP contribution < -0.4 is 0 Å². The fourth-order valence-corrected chi connectivity index (χ4v) is 5.65. The molecular weight excluding hydrogens is 430 g/mol. The fourth-order valence-electron chi connectivity index (χ4n) is 3.62. The molecule has 0 N–H and O–H groups in total. The van der Waals surface area contributed by atoms with Gasteiger partial charge in [-0.2, -0.15) is 0 Å². The highest BCUT2D eigenvalue weighted by atomic mass is 32.2. The first-order valence-electron chi connectivity index (χ1n) is 10.2. The van der Waals surface area contributed by atoms with Crippen LogP contribution in [-0.4, -0.2) is 52.9 Å². The van der Waals surface area contributed by atoms with Crippen molar-refractivity contribution in [1.29, 1.82) is 0 Å². The number of thiophene rings is 1. The molecule has 1 saturated heterocycles. The number of nitrogens with zero attached hydrogens (tertiary/aromatic N) is 3. The molecule has 2 amide bonds. The van der Waals surface area contributed by atoms with Gasteiger partial charge in [-0.05, 0) is 45.0 Å². The summed E-state index contributed by atoms with van der Waals surface area (Å²) in [4.78, 5) is 32.5. The molecule has 1 aliphatic heterocycles. The number of carbonyl (C=O) groups excluding carboxylic acids is 2. The van der Waals surface area contributed by atoms with Crippen LogP contribution in [0.2, 0.25) is 0 Å². The predicted molar refractivity (Wildman–Crippen MR) is 123 cm³/mol. The van der Waals surface area contributed by atoms with Gasteiger partial charge in [0.05, 0.1) is 16.1 Å². The number of rotatable bonds is 5. The third kappa shape index (κ3) is 4.70. The number of aryl methyl sites for hydroxylation is 3. The van der Waals surface area contributed by atoms with Gasteiger partial charge in [0.2, 0.25) is 0 Å². The summed E-state index contributed by atoms with van der Waals surface area (Å²) in [5.74, 6) is 1.59. The van der Waals surface area contributed by atoms with Crippen LogP contribution in [0.25, 0.3) is 0 Å². The minimum atomic E-state index is 0.0147. The molecule has 0 atom stereocenters. The molecule has 1 aromatic carbocycles. The Labute approximate surface area is 190 Å². The third-order valence-electron chi connectivity index (χ3n) is 5.48. The number of amides is 2. The average Bonchev–Trinajstić information content (AvgIpc) is 3.36. The van der Waals surface area contributed by atoms with Crippen LogP contribution in [-0.2, 0) is 5.75 Å². The van der Waals surface area contributed by atoms with Crippen molar-refractivity contribution in [2.75, 3.05) is 26.2 Å². The highest BCUT2D eigenvalue weighted by Gasteiger charge is 2.27. The predicted octanol–water partition coefficient (Wildman–Crippen LogP) is 4.55. The molecule has 162 valence electrons. The SMILES string of the molecule is Cc1ccc(C(=O)N2CCN(C(=O)c3ccccc3SCc3c(C)noc3C)CC2)s1. The van der Waals surface area contributed by atoms with E-state index in [-0.39, 0.29) is 11.8 Å². The van der Waals surface area contributed by atoms with Crippen LogP contribution in [0.5, 0.6) is 0 Å². The zero-order valence-corrected chi connectivity index (χ0v) is 19.5. The summed E-state index contributed by atoms with van der Waals surface area (Å²) in [6.45, 7) is 8.02. The van der Waals surface area contributed by atoms with Crippen LogP contribution in [0.1, 0.15) is 41.9 Å². The fraction of sp³-hybridized carbons (Fsp3) is 0.348. The zero-order chi connectivity index (χ0) is 22.0. The summed E-state index contributed by atoms with van der Waals surface area (Å²) in [6.07, 6.45) is 0. The summed E-state index contributed by atoms with van der Waals surface area (Å²) >= 11 is 3.14. The average molecular weight is 456 g/mol. The molecule has 4 rings (SSSR count). The minimum Gasteiger partial charge on any atom is -0.361 e. The van der Waals surface area contributed by atoms with E-state index >= 15 is 0 Å². The van der Waals surface area contributed by atoms with Gasteiger partial charge < -0.3 is 14.3 Å². The van der Waals surface area contributed by atoms with Gasteiger partial charge in [-0.1, -0.05) is 17.3 Å². The summed E-state index contributed by atoms with van der Waals surface area (Å²) in [5, 5.41) is 4.01. The maximum atomic E-state index is 13.2. The number of thioether (sulfide) groups is 1. The lowest BCUT2D eigenvalue weighted by Gasteiger charge is -2.34. The zero-order valence-electron chi connectivity index (χ0n) is 17.9. The molecule has 1 fully saturated rings. The molecule has 2 aromatic heterocycles. The van der Waals surface area contributed by atoms with Crippen molar-refractivity contribution < 1.29 is 14.1 Å². The van der Waals surface area contributed by atoms with E-state index in [0.717, 1.165) is 31.7 Å². The number of carbonyl (C=O) groups is 2. The van der Waals surface area contributed by atoms with Gasteiger partial charge in [-0.3, -0.25) is 9.59 Å². The number of hydrogen-bond donors (Lipinski definition) is 0. The first kappa shape index (κ1) is 21.6. The van der Waals surface area contributed by atoms with Gasteiger partial charge in [0.15, 0.2) is 0 Å². The van der Waals surface area contributed by atoms with Crippen molar-refractivity contribution in [2.45, 2.75) is 31.4 Å². The summed E-state index contributed by atoms with van der Waals surface area (Å²) in [5.41, 5.74) is 2.66. The van der Waals surface area contributed by atoms with Gasteiger partial charge in [0.25, 0.3) is 11.8 Å². The molecule has 31 heavy (non-hydrogen) atoms. The summed E-state index contributed by atoms with van der Waals surface area (Å²) < 4.78 is 5.25. The Hall–Kier alpha value is -2.58. The first-order valence-corrected chi connectivity index (χ1v) is 12.0. The molecule has 0 spiro atoms. The van der Waals surface area contributed by atoms with Crippen LogP contribution in [0.3, 0.4) is 0 Å². The van der Waals surface area contributed by atoms with Gasteiger partial charge >= 0.3 is 0 Å². The van der Waals surface area contributed by atoms with Crippen molar-refractivity contribution in [3.63, 3.8) is 0 Å². The molecule has 0 saturated carbocycles. The van der Waals surface area contributed by atoms with Gasteiger partial charge in [-0.15, -0.1) is 23.1 Å². The lowest BCUT2D eigenvalue weighted by Crippen LogP contribution is -2.50. The van der Waals surface area contributed by atoms with Gasteiger partial charge in [-0.25, -0.2) is 0 Å². The van der Waals surface area contributed by atoms with E-state index < -0.39 is 0 Å². The van der Waals surface area contributed by atoms with Crippen LogP contribution >= 0.6 is 23.1 Å². The molecule has 1 aliphatic rings. The molecule has 0 aliphatic carbocycles. The molecule has 0 unspecified atom stereocenters. The van der Waals surface area contributed by atoms with Crippen molar-refractivity contribution in [2.24, 2.45) is 0 Å².